The van der Waals surface area contributed by atoms with E-state index in [-0.39, 0.29) is 5.82 Å². The van der Waals surface area contributed by atoms with Gasteiger partial charge >= 0.3 is 6.03 Å². The van der Waals surface area contributed by atoms with Crippen molar-refractivity contribution in [2.24, 2.45) is 13.0 Å². The number of hydrogen-bond donors (Lipinski definition) is 0. The number of barbiturate groups is 1. The number of aromatic nitrogens is 2. The predicted molar refractivity (Wildman–Crippen MR) is 88.8 cm³/mol. The van der Waals surface area contributed by atoms with Gasteiger partial charge < -0.3 is 9.62 Å². The van der Waals surface area contributed by atoms with Crippen LogP contribution in [0.2, 0.25) is 0 Å². The van der Waals surface area contributed by atoms with Crippen molar-refractivity contribution in [2.45, 2.75) is 19.8 Å². The summed E-state index contributed by atoms with van der Waals surface area (Å²) in [6.45, 7) is 3.44. The molecule has 26 heavy (non-hydrogen) atoms. The van der Waals surface area contributed by atoms with Crippen LogP contribution in [0.25, 0.3) is 0 Å². The van der Waals surface area contributed by atoms with Crippen LogP contribution in [-0.2, 0) is 16.6 Å². The molecule has 9 nitrogen and oxygen atoms in total. The van der Waals surface area contributed by atoms with Crippen LogP contribution < -0.4 is 4.73 Å². The fourth-order valence-corrected chi connectivity index (χ4v) is 3.33. The summed E-state index contributed by atoms with van der Waals surface area (Å²) in [4.78, 5) is 39.4. The van der Waals surface area contributed by atoms with Gasteiger partial charge in [0.15, 0.2) is 0 Å². The molecule has 2 aromatic heterocycles. The zero-order valence-corrected chi connectivity index (χ0v) is 15.2. The summed E-state index contributed by atoms with van der Waals surface area (Å²) in [5.41, 5.74) is 1.17. The van der Waals surface area contributed by atoms with E-state index >= 15 is 0 Å². The number of imidazole rings is 1. The fourth-order valence-electron chi connectivity index (χ4n) is 3.33. The smallest absolute Gasteiger partial charge is 0.332 e. The van der Waals surface area contributed by atoms with Gasteiger partial charge in [0.05, 0.1) is 13.3 Å². The number of nitrogens with zero attached hydrogens (tertiary/aromatic N) is 4. The molecule has 1 aliphatic rings. The lowest BCUT2D eigenvalue weighted by atomic mass is 9.85. The highest BCUT2D eigenvalue weighted by molar-refractivity contribution is 6.16. The first-order chi connectivity index (χ1) is 12.2. The van der Waals surface area contributed by atoms with Gasteiger partial charge in [-0.25, -0.2) is 14.1 Å². The maximum Gasteiger partial charge on any atom is 0.332 e. The molecule has 0 N–H and O–H groups in total. The standard InChI is InChI=1S/C17H20N4O5/c1-9-10(2)21(25)14(18(9)3)12(11-7-6-8-26-11)13-15(22)19(4)17(24)20(5)16(13)23/h6-8,12-13H,1-5H3/t12-/m1/s1. The predicted octanol–water partition coefficient (Wildman–Crippen LogP) is 0.667. The molecule has 138 valence electrons. The normalized spacial score (nSPS) is 17.3. The van der Waals surface area contributed by atoms with Gasteiger partial charge in [-0.15, -0.1) is 0 Å². The van der Waals surface area contributed by atoms with E-state index in [0.29, 0.717) is 21.9 Å². The van der Waals surface area contributed by atoms with Crippen molar-refractivity contribution in [1.82, 2.24) is 14.4 Å². The van der Waals surface area contributed by atoms with E-state index < -0.39 is 29.7 Å². The molecule has 1 atom stereocenters. The Labute approximate surface area is 150 Å². The average Bonchev–Trinajstić information content (AvgIpc) is 3.21. The van der Waals surface area contributed by atoms with Gasteiger partial charge in [-0.2, -0.15) is 0 Å². The SMILES string of the molecule is Cc1c(C)[n+]([O-])c([C@H](c2ccco2)C2C(=O)N(C)C(=O)N(C)C2=O)n1C. The molecule has 0 radical (unpaired) electrons. The Hall–Kier alpha value is -3.10. The summed E-state index contributed by atoms with van der Waals surface area (Å²) in [6.07, 6.45) is 1.41. The summed E-state index contributed by atoms with van der Waals surface area (Å²) in [5.74, 6) is -3.07. The molecule has 0 aromatic carbocycles. The molecule has 0 saturated carbocycles. The maximum absolute atomic E-state index is 12.8. The third-order valence-electron chi connectivity index (χ3n) is 5.11. The molecule has 1 fully saturated rings. The highest BCUT2D eigenvalue weighted by Crippen LogP contribution is 2.36. The van der Waals surface area contributed by atoms with E-state index in [9.17, 15) is 19.6 Å². The van der Waals surface area contributed by atoms with Gasteiger partial charge in [0.1, 0.15) is 29.0 Å². The van der Waals surface area contributed by atoms with E-state index in [4.69, 9.17) is 4.42 Å². The van der Waals surface area contributed by atoms with Crippen molar-refractivity contribution in [2.75, 3.05) is 14.1 Å². The summed E-state index contributed by atoms with van der Waals surface area (Å²) >= 11 is 0. The topological polar surface area (TPSA) is 103 Å². The number of carbonyl (C=O) groups excluding carboxylic acids is 3. The number of rotatable bonds is 3. The van der Waals surface area contributed by atoms with Gasteiger partial charge in [0.2, 0.25) is 11.8 Å². The van der Waals surface area contributed by atoms with E-state index in [2.05, 4.69) is 0 Å². The number of imide groups is 2. The Kier molecular flexibility index (Phi) is 4.09. The van der Waals surface area contributed by atoms with Crippen LogP contribution in [0.4, 0.5) is 4.79 Å². The first-order valence-electron chi connectivity index (χ1n) is 8.06. The van der Waals surface area contributed by atoms with Crippen LogP contribution in [0.1, 0.15) is 28.9 Å². The minimum Gasteiger partial charge on any atom is -0.711 e. The molecular formula is C17H20N4O5. The highest BCUT2D eigenvalue weighted by atomic mass is 16.5. The molecule has 0 spiro atoms. The Morgan fingerprint density at radius 1 is 1.12 bits per heavy atom. The molecule has 9 heteroatoms. The zero-order chi connectivity index (χ0) is 19.3. The Balaban J connectivity index is 2.24. The summed E-state index contributed by atoms with van der Waals surface area (Å²) in [5, 5.41) is 12.8. The van der Waals surface area contributed by atoms with E-state index in [1.165, 1.54) is 20.4 Å². The molecule has 1 saturated heterocycles. The van der Waals surface area contributed by atoms with Crippen LogP contribution in [0, 0.1) is 25.0 Å². The quantitative estimate of drug-likeness (QED) is 0.455. The zero-order valence-electron chi connectivity index (χ0n) is 15.2. The van der Waals surface area contributed by atoms with Crippen LogP contribution in [0.5, 0.6) is 0 Å². The highest BCUT2D eigenvalue weighted by Gasteiger charge is 2.52. The number of carbonyl (C=O) groups is 3. The third kappa shape index (κ3) is 2.31. The van der Waals surface area contributed by atoms with Gasteiger partial charge in [0.25, 0.3) is 5.82 Å². The van der Waals surface area contributed by atoms with Gasteiger partial charge in [-0.3, -0.25) is 19.4 Å². The minimum atomic E-state index is -1.28. The summed E-state index contributed by atoms with van der Waals surface area (Å²) in [7, 11) is 4.32. The van der Waals surface area contributed by atoms with Crippen molar-refractivity contribution >= 4 is 17.8 Å². The summed E-state index contributed by atoms with van der Waals surface area (Å²) in [6, 6.07) is 2.53. The van der Waals surface area contributed by atoms with Crippen molar-refractivity contribution in [3.8, 4) is 0 Å². The lowest BCUT2D eigenvalue weighted by Crippen LogP contribution is -2.59. The largest absolute Gasteiger partial charge is 0.711 e. The number of amides is 4. The van der Waals surface area contributed by atoms with E-state index in [1.54, 1.807) is 37.6 Å². The van der Waals surface area contributed by atoms with Crippen LogP contribution in [-0.4, -0.2) is 46.3 Å². The van der Waals surface area contributed by atoms with Gasteiger partial charge in [0, 0.05) is 27.9 Å². The molecule has 0 unspecified atom stereocenters. The first kappa shape index (κ1) is 17.7. The second-order valence-electron chi connectivity index (χ2n) is 6.43. The Bertz CT molecular complexity index is 849. The number of furan rings is 1. The van der Waals surface area contributed by atoms with Crippen molar-refractivity contribution in [3.05, 3.63) is 46.6 Å². The lowest BCUT2D eigenvalue weighted by molar-refractivity contribution is -0.621. The maximum atomic E-state index is 12.8. The van der Waals surface area contributed by atoms with E-state index in [1.807, 2.05) is 0 Å². The average molecular weight is 360 g/mol. The molecule has 3 heterocycles. The molecule has 0 aliphatic carbocycles. The van der Waals surface area contributed by atoms with Crippen molar-refractivity contribution < 1.29 is 23.5 Å². The Morgan fingerprint density at radius 2 is 1.69 bits per heavy atom. The number of hydrogen-bond acceptors (Lipinski definition) is 5. The first-order valence-corrected chi connectivity index (χ1v) is 8.06. The van der Waals surface area contributed by atoms with Crippen LogP contribution in [0.3, 0.4) is 0 Å². The molecule has 3 rings (SSSR count). The van der Waals surface area contributed by atoms with Gasteiger partial charge in [-0.1, -0.05) is 0 Å². The van der Waals surface area contributed by atoms with Gasteiger partial charge in [-0.05, 0) is 12.1 Å². The monoisotopic (exact) mass is 360 g/mol. The number of urea groups is 1. The Morgan fingerprint density at radius 3 is 2.12 bits per heavy atom. The third-order valence-corrected chi connectivity index (χ3v) is 5.11. The van der Waals surface area contributed by atoms with E-state index in [0.717, 1.165) is 9.80 Å². The molecular weight excluding hydrogens is 340 g/mol. The van der Waals surface area contributed by atoms with Crippen molar-refractivity contribution in [3.63, 3.8) is 0 Å². The van der Waals surface area contributed by atoms with Crippen molar-refractivity contribution in [1.29, 1.82) is 0 Å². The fraction of sp³-hybridized carbons (Fsp3) is 0.412. The van der Waals surface area contributed by atoms with Crippen LogP contribution >= 0.6 is 0 Å². The summed E-state index contributed by atoms with van der Waals surface area (Å²) < 4.78 is 7.82. The molecule has 0 bridgehead atoms. The second-order valence-corrected chi connectivity index (χ2v) is 6.43. The lowest BCUT2D eigenvalue weighted by Gasteiger charge is -2.35. The van der Waals surface area contributed by atoms with Crippen LogP contribution in [0.15, 0.2) is 22.8 Å². The second kappa shape index (κ2) is 6.01. The minimum absolute atomic E-state index is 0.206. The molecule has 2 aromatic rings. The molecule has 4 amide bonds. The molecule has 1 aliphatic heterocycles.